The van der Waals surface area contributed by atoms with Crippen molar-refractivity contribution in [1.29, 1.82) is 0 Å². The van der Waals surface area contributed by atoms with Gasteiger partial charge in [0.05, 0.1) is 7.11 Å². The molecule has 2 aromatic rings. The summed E-state index contributed by atoms with van der Waals surface area (Å²) in [6.45, 7) is 1.07. The molecule has 7 nitrogen and oxygen atoms in total. The highest BCUT2D eigenvalue weighted by molar-refractivity contribution is 5.78. The Morgan fingerprint density at radius 1 is 1.00 bits per heavy atom. The number of benzene rings is 2. The van der Waals surface area contributed by atoms with Crippen LogP contribution < -0.4 is 19.5 Å². The van der Waals surface area contributed by atoms with Crippen LogP contribution in [-0.4, -0.2) is 49.7 Å². The Bertz CT molecular complexity index is 788. The molecular weight excluding hydrogens is 360 g/mol. The van der Waals surface area contributed by atoms with Gasteiger partial charge in [-0.3, -0.25) is 4.79 Å². The van der Waals surface area contributed by atoms with Crippen molar-refractivity contribution in [1.82, 2.24) is 10.2 Å². The van der Waals surface area contributed by atoms with E-state index >= 15 is 0 Å². The number of para-hydroxylation sites is 3. The number of likely N-dealkylation sites (tertiary alicyclic amines) is 1. The Kier molecular flexibility index (Phi) is 6.73. The fourth-order valence-electron chi connectivity index (χ4n) is 3.03. The summed E-state index contributed by atoms with van der Waals surface area (Å²) in [7, 11) is 1.56. The maximum Gasteiger partial charge on any atom is 0.412 e. The molecule has 2 amide bonds. The second kappa shape index (κ2) is 9.64. The summed E-state index contributed by atoms with van der Waals surface area (Å²) in [5.74, 6) is 1.55. The van der Waals surface area contributed by atoms with Gasteiger partial charge in [0.25, 0.3) is 5.91 Å². The molecule has 28 heavy (non-hydrogen) atoms. The molecule has 0 bridgehead atoms. The van der Waals surface area contributed by atoms with Crippen LogP contribution >= 0.6 is 0 Å². The summed E-state index contributed by atoms with van der Waals surface area (Å²) in [4.78, 5) is 26.1. The lowest BCUT2D eigenvalue weighted by atomic mass is 10.1. The lowest BCUT2D eigenvalue weighted by molar-refractivity contribution is -0.134. The average molecular weight is 384 g/mol. The number of nitrogens with zero attached hydrogens (tertiary/aromatic N) is 1. The topological polar surface area (TPSA) is 77.1 Å². The Labute approximate surface area is 164 Å². The predicted octanol–water partition coefficient (Wildman–Crippen LogP) is 2.85. The van der Waals surface area contributed by atoms with Crippen molar-refractivity contribution >= 4 is 12.0 Å². The highest BCUT2D eigenvalue weighted by Crippen LogP contribution is 2.25. The van der Waals surface area contributed by atoms with Gasteiger partial charge in [0.2, 0.25) is 0 Å². The van der Waals surface area contributed by atoms with E-state index < -0.39 is 6.09 Å². The van der Waals surface area contributed by atoms with Crippen molar-refractivity contribution in [3.63, 3.8) is 0 Å². The molecule has 7 heteroatoms. The van der Waals surface area contributed by atoms with Gasteiger partial charge < -0.3 is 24.4 Å². The van der Waals surface area contributed by atoms with E-state index in [4.69, 9.17) is 14.2 Å². The zero-order valence-corrected chi connectivity index (χ0v) is 15.8. The van der Waals surface area contributed by atoms with Crippen LogP contribution in [0.1, 0.15) is 12.8 Å². The zero-order chi connectivity index (χ0) is 19.8. The second-order valence-corrected chi connectivity index (χ2v) is 6.44. The molecule has 2 aromatic carbocycles. The first-order valence-corrected chi connectivity index (χ1v) is 9.22. The van der Waals surface area contributed by atoms with E-state index in [2.05, 4.69) is 5.32 Å². The van der Waals surface area contributed by atoms with E-state index in [1.54, 1.807) is 48.4 Å². The molecule has 3 rings (SSSR count). The first-order valence-electron chi connectivity index (χ1n) is 9.22. The van der Waals surface area contributed by atoms with Crippen LogP contribution in [0, 0.1) is 0 Å². The monoisotopic (exact) mass is 384 g/mol. The maximum atomic E-state index is 12.4. The predicted molar refractivity (Wildman–Crippen MR) is 104 cm³/mol. The number of amides is 2. The number of hydrogen-bond donors (Lipinski definition) is 1. The van der Waals surface area contributed by atoms with Gasteiger partial charge >= 0.3 is 6.09 Å². The summed E-state index contributed by atoms with van der Waals surface area (Å²) >= 11 is 0. The summed E-state index contributed by atoms with van der Waals surface area (Å²) < 4.78 is 16.0. The standard InChI is InChI=1S/C21H24N2O5/c1-26-18-9-5-6-10-19(18)27-15-20(24)23-13-11-16(12-14-23)22-21(25)28-17-7-3-2-4-8-17/h2-10,16H,11-15H2,1H3,(H,22,25). The van der Waals surface area contributed by atoms with Gasteiger partial charge in [0, 0.05) is 19.1 Å². The van der Waals surface area contributed by atoms with E-state index in [1.807, 2.05) is 18.2 Å². The second-order valence-electron chi connectivity index (χ2n) is 6.44. The minimum atomic E-state index is -0.476. The number of methoxy groups -OCH3 is 1. The van der Waals surface area contributed by atoms with Crippen molar-refractivity contribution in [3.8, 4) is 17.2 Å². The largest absolute Gasteiger partial charge is 0.493 e. The number of hydrogen-bond acceptors (Lipinski definition) is 5. The van der Waals surface area contributed by atoms with Gasteiger partial charge in [-0.1, -0.05) is 30.3 Å². The molecule has 1 aliphatic heterocycles. The number of carbonyl (C=O) groups excluding carboxylic acids is 2. The quantitative estimate of drug-likeness (QED) is 0.829. The molecule has 0 atom stereocenters. The Hall–Kier alpha value is -3.22. The molecule has 0 unspecified atom stereocenters. The van der Waals surface area contributed by atoms with Crippen molar-refractivity contribution in [3.05, 3.63) is 54.6 Å². The molecule has 0 radical (unpaired) electrons. The van der Waals surface area contributed by atoms with Crippen LogP contribution in [0.15, 0.2) is 54.6 Å². The molecule has 148 valence electrons. The van der Waals surface area contributed by atoms with Crippen molar-refractivity contribution in [2.24, 2.45) is 0 Å². The van der Waals surface area contributed by atoms with Crippen LogP contribution in [0.2, 0.25) is 0 Å². The smallest absolute Gasteiger partial charge is 0.412 e. The van der Waals surface area contributed by atoms with Gasteiger partial charge in [0.1, 0.15) is 5.75 Å². The maximum absolute atomic E-state index is 12.4. The SMILES string of the molecule is COc1ccccc1OCC(=O)N1CCC(NC(=O)Oc2ccccc2)CC1. The first-order chi connectivity index (χ1) is 13.7. The average Bonchev–Trinajstić information content (AvgIpc) is 2.73. The van der Waals surface area contributed by atoms with Crippen LogP contribution in [-0.2, 0) is 4.79 Å². The molecule has 0 aromatic heterocycles. The minimum absolute atomic E-state index is 0.0182. The van der Waals surface area contributed by atoms with Gasteiger partial charge in [0.15, 0.2) is 18.1 Å². The molecule has 0 saturated carbocycles. The molecule has 1 heterocycles. The normalized spacial score (nSPS) is 14.2. The Morgan fingerprint density at radius 2 is 1.64 bits per heavy atom. The summed E-state index contributed by atoms with van der Waals surface area (Å²) in [5, 5.41) is 2.85. The molecule has 1 aliphatic rings. The first kappa shape index (κ1) is 19.5. The minimum Gasteiger partial charge on any atom is -0.493 e. The van der Waals surface area contributed by atoms with E-state index in [9.17, 15) is 9.59 Å². The lowest BCUT2D eigenvalue weighted by Crippen LogP contribution is -2.48. The van der Waals surface area contributed by atoms with E-state index in [0.717, 1.165) is 0 Å². The third-order valence-corrected chi connectivity index (χ3v) is 4.54. The molecule has 1 fully saturated rings. The van der Waals surface area contributed by atoms with Gasteiger partial charge in [-0.05, 0) is 37.1 Å². The van der Waals surface area contributed by atoms with Gasteiger partial charge in [-0.25, -0.2) is 4.79 Å². The van der Waals surface area contributed by atoms with Crippen molar-refractivity contribution in [2.75, 3.05) is 26.8 Å². The molecule has 1 N–H and O–H groups in total. The van der Waals surface area contributed by atoms with E-state index in [1.165, 1.54) is 0 Å². The Balaban J connectivity index is 1.40. The number of nitrogens with one attached hydrogen (secondary N) is 1. The van der Waals surface area contributed by atoms with Crippen LogP contribution in [0.4, 0.5) is 4.79 Å². The molecule has 0 spiro atoms. The zero-order valence-electron chi connectivity index (χ0n) is 15.8. The van der Waals surface area contributed by atoms with Gasteiger partial charge in [-0.2, -0.15) is 0 Å². The number of carbonyl (C=O) groups is 2. The van der Waals surface area contributed by atoms with E-state index in [-0.39, 0.29) is 18.6 Å². The van der Waals surface area contributed by atoms with Gasteiger partial charge in [-0.15, -0.1) is 0 Å². The fraction of sp³-hybridized carbons (Fsp3) is 0.333. The van der Waals surface area contributed by atoms with Crippen LogP contribution in [0.5, 0.6) is 17.2 Å². The number of rotatable bonds is 6. The number of ether oxygens (including phenoxy) is 3. The highest BCUT2D eigenvalue weighted by atomic mass is 16.6. The third kappa shape index (κ3) is 5.39. The summed E-state index contributed by atoms with van der Waals surface area (Å²) in [6, 6.07) is 16.1. The number of piperidine rings is 1. The van der Waals surface area contributed by atoms with Crippen LogP contribution in [0.3, 0.4) is 0 Å². The molecule has 0 aliphatic carbocycles. The molecule has 1 saturated heterocycles. The van der Waals surface area contributed by atoms with Crippen molar-refractivity contribution in [2.45, 2.75) is 18.9 Å². The summed E-state index contributed by atoms with van der Waals surface area (Å²) in [5.41, 5.74) is 0. The lowest BCUT2D eigenvalue weighted by Gasteiger charge is -2.32. The van der Waals surface area contributed by atoms with E-state index in [0.29, 0.717) is 43.2 Å². The Morgan fingerprint density at radius 3 is 2.32 bits per heavy atom. The van der Waals surface area contributed by atoms with Crippen LogP contribution in [0.25, 0.3) is 0 Å². The fourth-order valence-corrected chi connectivity index (χ4v) is 3.03. The molecular formula is C21H24N2O5. The highest BCUT2D eigenvalue weighted by Gasteiger charge is 2.24. The third-order valence-electron chi connectivity index (χ3n) is 4.54. The van der Waals surface area contributed by atoms with Crippen molar-refractivity contribution < 1.29 is 23.8 Å². The summed E-state index contributed by atoms with van der Waals surface area (Å²) in [6.07, 6.45) is 0.865.